The molecule has 2 aliphatic rings. The van der Waals surface area contributed by atoms with Crippen LogP contribution in [0, 0.1) is 5.92 Å². The number of carbonyl (C=O) groups excluding carboxylic acids is 3. The molecular formula is C24H23NO7. The van der Waals surface area contributed by atoms with Crippen molar-refractivity contribution in [2.45, 2.75) is 37.5 Å². The lowest BCUT2D eigenvalue weighted by atomic mass is 9.86. The number of hydrogen-bond donors (Lipinski definition) is 1. The number of nitrogens with zero attached hydrogens (tertiary/aromatic N) is 1. The number of methoxy groups -OCH3 is 1. The number of carboxylic acid groups (broad SMARTS) is 1. The molecule has 1 amide bonds. The first-order chi connectivity index (χ1) is 15.4. The highest BCUT2D eigenvalue weighted by molar-refractivity contribution is 6.05. The highest BCUT2D eigenvalue weighted by Crippen LogP contribution is 2.42. The predicted octanol–water partition coefficient (Wildman–Crippen LogP) is 2.78. The Balaban J connectivity index is 1.63. The molecule has 0 aliphatic carbocycles. The van der Waals surface area contributed by atoms with Crippen molar-refractivity contribution in [3.05, 3.63) is 71.3 Å². The summed E-state index contributed by atoms with van der Waals surface area (Å²) in [5, 5.41) is 9.49. The van der Waals surface area contributed by atoms with Gasteiger partial charge in [0.25, 0.3) is 5.91 Å². The quantitative estimate of drug-likeness (QED) is 0.716. The summed E-state index contributed by atoms with van der Waals surface area (Å²) in [4.78, 5) is 51.9. The maximum absolute atomic E-state index is 13.4. The Morgan fingerprint density at radius 2 is 1.59 bits per heavy atom. The first kappa shape index (κ1) is 21.5. The van der Waals surface area contributed by atoms with Gasteiger partial charge in [0.2, 0.25) is 0 Å². The fourth-order valence-corrected chi connectivity index (χ4v) is 4.82. The van der Waals surface area contributed by atoms with Crippen molar-refractivity contribution in [3.63, 3.8) is 0 Å². The molecule has 2 aromatic rings. The van der Waals surface area contributed by atoms with Gasteiger partial charge in [-0.15, -0.1) is 0 Å². The SMILES string of the molecule is COC(=O)[C@@H]1C2CCC(C[C@@H]1OC(=O)c1ccccc1)N2C(=O)c1ccccc1C(=O)O. The molecule has 8 heteroatoms. The van der Waals surface area contributed by atoms with E-state index in [1.54, 1.807) is 47.4 Å². The molecule has 2 heterocycles. The number of esters is 2. The number of benzene rings is 2. The number of rotatable bonds is 5. The molecule has 32 heavy (non-hydrogen) atoms. The summed E-state index contributed by atoms with van der Waals surface area (Å²) in [6.07, 6.45) is 0.686. The first-order valence-corrected chi connectivity index (χ1v) is 10.4. The van der Waals surface area contributed by atoms with Crippen LogP contribution in [0.4, 0.5) is 0 Å². The normalized spacial score (nSPS) is 24.0. The van der Waals surface area contributed by atoms with Crippen LogP contribution in [0.2, 0.25) is 0 Å². The van der Waals surface area contributed by atoms with Crippen LogP contribution in [0.15, 0.2) is 54.6 Å². The van der Waals surface area contributed by atoms with Crippen molar-refractivity contribution >= 4 is 23.8 Å². The average Bonchev–Trinajstić information content (AvgIpc) is 3.12. The molecule has 0 saturated carbocycles. The van der Waals surface area contributed by atoms with Crippen LogP contribution in [0.3, 0.4) is 0 Å². The molecule has 2 saturated heterocycles. The number of piperidine rings is 1. The third kappa shape index (κ3) is 3.84. The second kappa shape index (κ2) is 8.82. The zero-order valence-electron chi connectivity index (χ0n) is 17.5. The van der Waals surface area contributed by atoms with Gasteiger partial charge in [-0.2, -0.15) is 0 Å². The monoisotopic (exact) mass is 437 g/mol. The Morgan fingerprint density at radius 1 is 0.938 bits per heavy atom. The lowest BCUT2D eigenvalue weighted by Crippen LogP contribution is -2.57. The van der Waals surface area contributed by atoms with E-state index in [1.165, 1.54) is 19.2 Å². The molecule has 2 aromatic carbocycles. The standard InChI is InChI=1S/C24H23NO7/c1-31-24(30)20-18-12-11-15(13-19(20)32-23(29)14-7-3-2-4-8-14)25(18)21(26)16-9-5-6-10-17(16)22(27)28/h2-10,15,18-20H,11-13H2,1H3,(H,27,28)/t15?,18?,19-,20+/m0/s1. The zero-order valence-corrected chi connectivity index (χ0v) is 17.5. The summed E-state index contributed by atoms with van der Waals surface area (Å²) in [7, 11) is 1.26. The largest absolute Gasteiger partial charge is 0.478 e. The molecule has 0 spiro atoms. The highest BCUT2D eigenvalue weighted by Gasteiger charge is 2.54. The molecule has 166 valence electrons. The van der Waals surface area contributed by atoms with E-state index in [-0.39, 0.29) is 23.6 Å². The number of aromatic carboxylic acids is 1. The van der Waals surface area contributed by atoms with Gasteiger partial charge >= 0.3 is 17.9 Å². The minimum absolute atomic E-state index is 0.0697. The second-order valence-electron chi connectivity index (χ2n) is 7.96. The fraction of sp³-hybridized carbons (Fsp3) is 0.333. The Bertz CT molecular complexity index is 1050. The lowest BCUT2D eigenvalue weighted by molar-refractivity contribution is -0.155. The van der Waals surface area contributed by atoms with E-state index in [1.807, 2.05) is 0 Å². The molecular weight excluding hydrogens is 414 g/mol. The summed E-state index contributed by atoms with van der Waals surface area (Å²) in [6.45, 7) is 0. The van der Waals surface area contributed by atoms with Gasteiger partial charge in [-0.1, -0.05) is 30.3 Å². The molecule has 0 aromatic heterocycles. The minimum Gasteiger partial charge on any atom is -0.478 e. The number of carbonyl (C=O) groups is 4. The van der Waals surface area contributed by atoms with Crippen LogP contribution in [0.1, 0.15) is 50.3 Å². The van der Waals surface area contributed by atoms with Crippen LogP contribution in [-0.4, -0.2) is 59.1 Å². The first-order valence-electron chi connectivity index (χ1n) is 10.4. The Hall–Kier alpha value is -3.68. The second-order valence-corrected chi connectivity index (χ2v) is 7.96. The van der Waals surface area contributed by atoms with E-state index in [9.17, 15) is 24.3 Å². The van der Waals surface area contributed by atoms with Gasteiger partial charge in [-0.05, 0) is 37.1 Å². The van der Waals surface area contributed by atoms with Gasteiger partial charge in [0.05, 0.1) is 23.8 Å². The third-order valence-electron chi connectivity index (χ3n) is 6.23. The van der Waals surface area contributed by atoms with Crippen molar-refractivity contribution in [2.24, 2.45) is 5.92 Å². The topological polar surface area (TPSA) is 110 Å². The highest BCUT2D eigenvalue weighted by atomic mass is 16.6. The number of fused-ring (bicyclic) bond motifs is 2. The third-order valence-corrected chi connectivity index (χ3v) is 6.23. The van der Waals surface area contributed by atoms with Crippen LogP contribution in [0.25, 0.3) is 0 Å². The van der Waals surface area contributed by atoms with Gasteiger partial charge in [0, 0.05) is 18.5 Å². The van der Waals surface area contributed by atoms with E-state index in [4.69, 9.17) is 9.47 Å². The van der Waals surface area contributed by atoms with Gasteiger partial charge in [-0.25, -0.2) is 9.59 Å². The smallest absolute Gasteiger partial charge is 0.338 e. The molecule has 8 nitrogen and oxygen atoms in total. The van der Waals surface area contributed by atoms with Crippen molar-refractivity contribution in [2.75, 3.05) is 7.11 Å². The summed E-state index contributed by atoms with van der Waals surface area (Å²) in [5.74, 6) is -3.60. The van der Waals surface area contributed by atoms with Gasteiger partial charge in [0.1, 0.15) is 12.0 Å². The molecule has 2 bridgehead atoms. The Labute approximate surface area is 184 Å². The lowest BCUT2D eigenvalue weighted by Gasteiger charge is -2.42. The molecule has 4 atom stereocenters. The maximum Gasteiger partial charge on any atom is 0.338 e. The maximum atomic E-state index is 13.4. The van der Waals surface area contributed by atoms with E-state index < -0.39 is 41.9 Å². The number of carboxylic acids is 1. The summed E-state index contributed by atoms with van der Waals surface area (Å²) < 4.78 is 10.7. The van der Waals surface area contributed by atoms with Crippen molar-refractivity contribution < 1.29 is 33.8 Å². The molecule has 2 fully saturated rings. The minimum atomic E-state index is -1.20. The zero-order chi connectivity index (χ0) is 22.8. The van der Waals surface area contributed by atoms with E-state index in [2.05, 4.69) is 0 Å². The predicted molar refractivity (Wildman–Crippen MR) is 112 cm³/mol. The van der Waals surface area contributed by atoms with Crippen LogP contribution in [0.5, 0.6) is 0 Å². The summed E-state index contributed by atoms with van der Waals surface area (Å²) in [5.41, 5.74) is 0.349. The Kier molecular flexibility index (Phi) is 5.94. The number of amides is 1. The van der Waals surface area contributed by atoms with Crippen molar-refractivity contribution in [1.82, 2.24) is 4.90 Å². The molecule has 4 rings (SSSR count). The van der Waals surface area contributed by atoms with Gasteiger partial charge < -0.3 is 19.5 Å². The van der Waals surface area contributed by atoms with Gasteiger partial charge in [-0.3, -0.25) is 9.59 Å². The molecule has 2 aliphatic heterocycles. The molecule has 0 radical (unpaired) electrons. The summed E-state index contributed by atoms with van der Waals surface area (Å²) in [6, 6.07) is 13.7. The van der Waals surface area contributed by atoms with E-state index in [0.717, 1.165) is 0 Å². The molecule has 2 unspecified atom stereocenters. The van der Waals surface area contributed by atoms with Crippen molar-refractivity contribution in [3.8, 4) is 0 Å². The van der Waals surface area contributed by atoms with Crippen LogP contribution >= 0.6 is 0 Å². The van der Waals surface area contributed by atoms with Gasteiger partial charge in [0.15, 0.2) is 0 Å². The van der Waals surface area contributed by atoms with Crippen LogP contribution in [-0.2, 0) is 14.3 Å². The summed E-state index contributed by atoms with van der Waals surface area (Å²) >= 11 is 0. The Morgan fingerprint density at radius 3 is 2.25 bits per heavy atom. The number of hydrogen-bond acceptors (Lipinski definition) is 6. The van der Waals surface area contributed by atoms with E-state index in [0.29, 0.717) is 18.4 Å². The molecule has 1 N–H and O–H groups in total. The number of ether oxygens (including phenoxy) is 2. The van der Waals surface area contributed by atoms with Crippen LogP contribution < -0.4 is 0 Å². The fourth-order valence-electron chi connectivity index (χ4n) is 4.82. The average molecular weight is 437 g/mol. The van der Waals surface area contributed by atoms with E-state index >= 15 is 0 Å². The van der Waals surface area contributed by atoms with Crippen molar-refractivity contribution in [1.29, 1.82) is 0 Å².